The molecule has 5 heteroatoms. The second kappa shape index (κ2) is 8.29. The Morgan fingerprint density at radius 2 is 1.69 bits per heavy atom. The van der Waals surface area contributed by atoms with E-state index in [1.807, 2.05) is 62.4 Å². The van der Waals surface area contributed by atoms with Gasteiger partial charge >= 0.3 is 6.09 Å². The van der Waals surface area contributed by atoms with Gasteiger partial charge in [0.05, 0.1) is 11.7 Å². The van der Waals surface area contributed by atoms with Crippen molar-refractivity contribution in [2.75, 3.05) is 6.61 Å². The van der Waals surface area contributed by atoms with Crippen molar-refractivity contribution in [3.05, 3.63) is 100 Å². The van der Waals surface area contributed by atoms with Gasteiger partial charge in [0, 0.05) is 11.3 Å². The number of ether oxygens (including phenoxy) is 1. The zero-order valence-electron chi connectivity index (χ0n) is 17.9. The molecule has 4 nitrogen and oxygen atoms in total. The molecule has 1 aromatic heterocycles. The molecule has 5 rings (SSSR count). The van der Waals surface area contributed by atoms with Gasteiger partial charge in [-0.05, 0) is 53.1 Å². The van der Waals surface area contributed by atoms with Crippen LogP contribution in [-0.4, -0.2) is 17.7 Å². The average Bonchev–Trinajstić information content (AvgIpc) is 3.11. The van der Waals surface area contributed by atoms with Gasteiger partial charge in [0.1, 0.15) is 11.8 Å². The van der Waals surface area contributed by atoms with Crippen LogP contribution in [0.3, 0.4) is 0 Å². The zero-order chi connectivity index (χ0) is 22.2. The number of nitrogens with zero attached hydrogens (tertiary/aromatic N) is 1. The number of benzene rings is 3. The minimum Gasteiger partial charge on any atom is -0.449 e. The van der Waals surface area contributed by atoms with Crippen LogP contribution in [0.1, 0.15) is 41.3 Å². The van der Waals surface area contributed by atoms with Crippen molar-refractivity contribution >= 4 is 28.5 Å². The molecule has 0 fully saturated rings. The molecule has 0 aliphatic heterocycles. The van der Waals surface area contributed by atoms with Crippen LogP contribution < -0.4 is 5.32 Å². The summed E-state index contributed by atoms with van der Waals surface area (Å²) in [6.07, 6.45) is -0.471. The topological polar surface area (TPSA) is 51.2 Å². The lowest BCUT2D eigenvalue weighted by Crippen LogP contribution is -2.29. The Hall–Kier alpha value is -3.37. The van der Waals surface area contributed by atoms with Crippen LogP contribution in [0.4, 0.5) is 4.79 Å². The van der Waals surface area contributed by atoms with Crippen molar-refractivity contribution in [1.82, 2.24) is 10.3 Å². The number of carbonyl (C=O) groups is 1. The maximum atomic E-state index is 12.6. The fourth-order valence-electron chi connectivity index (χ4n) is 4.57. The quantitative estimate of drug-likeness (QED) is 0.354. The molecule has 4 aromatic rings. The molecule has 3 aromatic carbocycles. The second-order valence-corrected chi connectivity index (χ2v) is 8.56. The molecular weight excluding hydrogens is 420 g/mol. The summed E-state index contributed by atoms with van der Waals surface area (Å²) >= 11 is 6.44. The van der Waals surface area contributed by atoms with Crippen LogP contribution in [0, 0.1) is 6.92 Å². The average molecular weight is 443 g/mol. The minimum atomic E-state index is -0.471. The Balaban J connectivity index is 1.30. The van der Waals surface area contributed by atoms with E-state index >= 15 is 0 Å². The van der Waals surface area contributed by atoms with E-state index in [1.54, 1.807) is 0 Å². The molecule has 0 saturated carbocycles. The van der Waals surface area contributed by atoms with Gasteiger partial charge in [0.25, 0.3) is 0 Å². The number of hydrogen-bond donors (Lipinski definition) is 1. The Morgan fingerprint density at radius 1 is 1.03 bits per heavy atom. The predicted molar refractivity (Wildman–Crippen MR) is 128 cm³/mol. The van der Waals surface area contributed by atoms with Gasteiger partial charge in [-0.2, -0.15) is 0 Å². The third kappa shape index (κ3) is 3.61. The number of pyridine rings is 1. The molecule has 0 unspecified atom stereocenters. The van der Waals surface area contributed by atoms with Gasteiger partial charge in [-0.15, -0.1) is 0 Å². The van der Waals surface area contributed by atoms with Gasteiger partial charge < -0.3 is 10.1 Å². The Labute approximate surface area is 192 Å². The van der Waals surface area contributed by atoms with E-state index in [9.17, 15) is 4.79 Å². The number of fused-ring (bicyclic) bond motifs is 4. The van der Waals surface area contributed by atoms with Crippen LogP contribution in [0.2, 0.25) is 5.15 Å². The Bertz CT molecular complexity index is 1290. The standard InChI is InChI=1S/C27H23ClN2O2/c1-16-8-7-9-18-14-24(30-26(28)25(16)18)17(2)29-27(31)32-15-23-21-12-5-3-10-19(21)20-11-4-6-13-22(20)23/h3-14,17,23H,15H2,1-2H3,(H,29,31)/t17-/m0/s1. The van der Waals surface area contributed by atoms with Crippen LogP contribution in [0.25, 0.3) is 21.9 Å². The van der Waals surface area contributed by atoms with E-state index in [0.717, 1.165) is 16.3 Å². The molecule has 1 N–H and O–H groups in total. The van der Waals surface area contributed by atoms with E-state index in [4.69, 9.17) is 16.3 Å². The summed E-state index contributed by atoms with van der Waals surface area (Å²) in [4.78, 5) is 17.1. The molecule has 0 radical (unpaired) electrons. The highest BCUT2D eigenvalue weighted by molar-refractivity contribution is 6.34. The monoisotopic (exact) mass is 442 g/mol. The Kier molecular flexibility index (Phi) is 5.32. The first kappa shape index (κ1) is 20.5. The summed E-state index contributed by atoms with van der Waals surface area (Å²) < 4.78 is 5.66. The molecule has 1 atom stereocenters. The largest absolute Gasteiger partial charge is 0.449 e. The molecular formula is C27H23ClN2O2. The lowest BCUT2D eigenvalue weighted by atomic mass is 9.98. The molecule has 32 heavy (non-hydrogen) atoms. The van der Waals surface area contributed by atoms with Crippen molar-refractivity contribution < 1.29 is 9.53 Å². The van der Waals surface area contributed by atoms with Crippen molar-refractivity contribution in [3.8, 4) is 11.1 Å². The van der Waals surface area contributed by atoms with E-state index in [-0.39, 0.29) is 18.6 Å². The summed E-state index contributed by atoms with van der Waals surface area (Å²) in [5.74, 6) is 0.0275. The van der Waals surface area contributed by atoms with Gasteiger partial charge in [-0.3, -0.25) is 0 Å². The highest BCUT2D eigenvalue weighted by Crippen LogP contribution is 2.44. The number of carbonyl (C=O) groups excluding carboxylic acids is 1. The zero-order valence-corrected chi connectivity index (χ0v) is 18.7. The molecule has 1 amide bonds. The fraction of sp³-hybridized carbons (Fsp3) is 0.185. The van der Waals surface area contributed by atoms with Crippen LogP contribution in [0.15, 0.2) is 72.8 Å². The summed E-state index contributed by atoms with van der Waals surface area (Å²) in [5.41, 5.74) is 6.55. The molecule has 0 spiro atoms. The summed E-state index contributed by atoms with van der Waals surface area (Å²) in [6, 6.07) is 24.2. The second-order valence-electron chi connectivity index (χ2n) is 8.20. The third-order valence-electron chi connectivity index (χ3n) is 6.16. The van der Waals surface area contributed by atoms with E-state index < -0.39 is 6.09 Å². The lowest BCUT2D eigenvalue weighted by Gasteiger charge is -2.18. The number of amides is 1. The molecule has 160 valence electrons. The van der Waals surface area contributed by atoms with E-state index in [1.165, 1.54) is 22.3 Å². The van der Waals surface area contributed by atoms with Crippen LogP contribution >= 0.6 is 11.6 Å². The first-order chi connectivity index (χ1) is 15.5. The number of hydrogen-bond acceptors (Lipinski definition) is 3. The predicted octanol–water partition coefficient (Wildman–Crippen LogP) is 6.80. The molecule has 1 heterocycles. The maximum Gasteiger partial charge on any atom is 0.407 e. The van der Waals surface area contributed by atoms with Gasteiger partial charge in [-0.25, -0.2) is 9.78 Å². The number of rotatable bonds is 4. The first-order valence-electron chi connectivity index (χ1n) is 10.7. The van der Waals surface area contributed by atoms with Gasteiger partial charge in [0.2, 0.25) is 0 Å². The highest BCUT2D eigenvalue weighted by atomic mass is 35.5. The maximum absolute atomic E-state index is 12.6. The molecule has 0 saturated heterocycles. The van der Waals surface area contributed by atoms with Crippen LogP contribution in [0.5, 0.6) is 0 Å². The summed E-state index contributed by atoms with van der Waals surface area (Å²) in [6.45, 7) is 4.16. The normalized spacial score (nSPS) is 13.5. The van der Waals surface area contributed by atoms with E-state index in [2.05, 4.69) is 34.6 Å². The smallest absolute Gasteiger partial charge is 0.407 e. The first-order valence-corrected chi connectivity index (χ1v) is 11.1. The van der Waals surface area contributed by atoms with E-state index in [0.29, 0.717) is 10.8 Å². The fourth-order valence-corrected chi connectivity index (χ4v) is 4.92. The Morgan fingerprint density at radius 3 is 2.38 bits per heavy atom. The lowest BCUT2D eigenvalue weighted by molar-refractivity contribution is 0.139. The SMILES string of the molecule is Cc1cccc2cc([C@H](C)NC(=O)OCC3c4ccccc4-c4ccccc43)nc(Cl)c12. The minimum absolute atomic E-state index is 0.0275. The summed E-state index contributed by atoms with van der Waals surface area (Å²) in [5, 5.41) is 5.27. The number of aromatic nitrogens is 1. The highest BCUT2D eigenvalue weighted by Gasteiger charge is 2.29. The van der Waals surface area contributed by atoms with Crippen molar-refractivity contribution in [3.63, 3.8) is 0 Å². The number of alkyl carbamates (subject to hydrolysis) is 1. The van der Waals surface area contributed by atoms with Crippen molar-refractivity contribution in [2.45, 2.75) is 25.8 Å². The molecule has 0 bridgehead atoms. The number of aryl methyl sites for hydroxylation is 1. The summed E-state index contributed by atoms with van der Waals surface area (Å²) in [7, 11) is 0. The molecule has 1 aliphatic rings. The van der Waals surface area contributed by atoms with Crippen molar-refractivity contribution in [2.24, 2.45) is 0 Å². The van der Waals surface area contributed by atoms with Crippen LogP contribution in [-0.2, 0) is 4.74 Å². The van der Waals surface area contributed by atoms with Gasteiger partial charge in [0.15, 0.2) is 0 Å². The van der Waals surface area contributed by atoms with Crippen molar-refractivity contribution in [1.29, 1.82) is 0 Å². The molecule has 1 aliphatic carbocycles. The number of nitrogens with one attached hydrogen (secondary N) is 1. The number of halogens is 1. The third-order valence-corrected chi connectivity index (χ3v) is 6.44. The van der Waals surface area contributed by atoms with Gasteiger partial charge in [-0.1, -0.05) is 78.3 Å².